The number of nitrogens with zero attached hydrogens (tertiary/aromatic N) is 1. The van der Waals surface area contributed by atoms with E-state index in [1.165, 1.54) is 6.26 Å². The van der Waals surface area contributed by atoms with Crippen LogP contribution in [0.15, 0.2) is 51.9 Å². The Morgan fingerprint density at radius 1 is 1.15 bits per heavy atom. The van der Waals surface area contributed by atoms with Crippen molar-refractivity contribution in [1.82, 2.24) is 4.90 Å². The summed E-state index contributed by atoms with van der Waals surface area (Å²) in [4.78, 5) is 15.3. The monoisotopic (exact) mass is 351 g/mol. The van der Waals surface area contributed by atoms with Crippen LogP contribution >= 0.6 is 0 Å². The van der Waals surface area contributed by atoms with Crippen molar-refractivity contribution in [1.29, 1.82) is 0 Å². The average molecular weight is 351 g/mol. The summed E-state index contributed by atoms with van der Waals surface area (Å²) in [7, 11) is 1.59. The van der Waals surface area contributed by atoms with Gasteiger partial charge in [0.05, 0.1) is 23.6 Å². The first-order valence-electron chi connectivity index (χ1n) is 8.79. The van der Waals surface area contributed by atoms with Crippen LogP contribution in [0.3, 0.4) is 0 Å². The lowest BCUT2D eigenvalue weighted by atomic mass is 10.0. The van der Waals surface area contributed by atoms with Crippen LogP contribution in [-0.2, 0) is 6.54 Å². The maximum atomic E-state index is 13.1. The predicted molar refractivity (Wildman–Crippen MR) is 101 cm³/mol. The molecule has 3 aromatic rings. The van der Waals surface area contributed by atoms with Crippen LogP contribution in [0.5, 0.6) is 11.5 Å². The molecule has 0 fully saturated rings. The Morgan fingerprint density at radius 2 is 2.00 bits per heavy atom. The summed E-state index contributed by atoms with van der Waals surface area (Å²) in [5.41, 5.74) is 2.70. The molecule has 4 rings (SSSR count). The predicted octanol–water partition coefficient (Wildman–Crippen LogP) is 4.03. The molecule has 0 unspecified atom stereocenters. The quantitative estimate of drug-likeness (QED) is 0.710. The van der Waals surface area contributed by atoms with E-state index in [2.05, 4.69) is 11.8 Å². The second-order valence-corrected chi connectivity index (χ2v) is 6.42. The van der Waals surface area contributed by atoms with Gasteiger partial charge in [0.1, 0.15) is 30.1 Å². The van der Waals surface area contributed by atoms with Gasteiger partial charge in [0.25, 0.3) is 0 Å². The molecule has 2 heterocycles. The van der Waals surface area contributed by atoms with Gasteiger partial charge in [-0.25, -0.2) is 0 Å². The summed E-state index contributed by atoms with van der Waals surface area (Å²) >= 11 is 0. The third-order valence-corrected chi connectivity index (χ3v) is 4.72. The van der Waals surface area contributed by atoms with Crippen LogP contribution in [0.25, 0.3) is 22.1 Å². The van der Waals surface area contributed by atoms with Crippen LogP contribution in [0.1, 0.15) is 18.9 Å². The van der Waals surface area contributed by atoms with E-state index in [4.69, 9.17) is 13.9 Å². The highest BCUT2D eigenvalue weighted by Crippen LogP contribution is 2.34. The number of rotatable bonds is 4. The molecule has 2 aromatic carbocycles. The first kappa shape index (κ1) is 16.7. The minimum atomic E-state index is -0.0637. The van der Waals surface area contributed by atoms with Crippen molar-refractivity contribution >= 4 is 11.0 Å². The van der Waals surface area contributed by atoms with Gasteiger partial charge >= 0.3 is 0 Å². The van der Waals surface area contributed by atoms with Crippen molar-refractivity contribution in [2.24, 2.45) is 0 Å². The van der Waals surface area contributed by atoms with Crippen LogP contribution in [0.4, 0.5) is 0 Å². The Kier molecular flexibility index (Phi) is 4.39. The van der Waals surface area contributed by atoms with E-state index in [0.717, 1.165) is 36.4 Å². The lowest BCUT2D eigenvalue weighted by Crippen LogP contribution is -2.32. The molecule has 0 saturated heterocycles. The van der Waals surface area contributed by atoms with Gasteiger partial charge in [-0.1, -0.05) is 25.1 Å². The molecule has 1 aliphatic heterocycles. The summed E-state index contributed by atoms with van der Waals surface area (Å²) in [5.74, 6) is 1.44. The van der Waals surface area contributed by atoms with Gasteiger partial charge in [-0.05, 0) is 24.6 Å². The lowest BCUT2D eigenvalue weighted by molar-refractivity contribution is 0.0958. The zero-order valence-electron chi connectivity index (χ0n) is 15.0. The lowest BCUT2D eigenvalue weighted by Gasteiger charge is -2.28. The molecule has 134 valence electrons. The van der Waals surface area contributed by atoms with Crippen molar-refractivity contribution in [3.05, 3.63) is 58.4 Å². The molecular weight excluding hydrogens is 330 g/mol. The Labute approximate surface area is 151 Å². The molecule has 26 heavy (non-hydrogen) atoms. The molecule has 0 atom stereocenters. The summed E-state index contributed by atoms with van der Waals surface area (Å²) < 4.78 is 17.2. The van der Waals surface area contributed by atoms with E-state index in [0.29, 0.717) is 29.0 Å². The number of benzene rings is 2. The van der Waals surface area contributed by atoms with Crippen molar-refractivity contribution < 1.29 is 13.9 Å². The van der Waals surface area contributed by atoms with E-state index in [1.54, 1.807) is 13.2 Å². The number of ether oxygens (including phenoxy) is 2. The van der Waals surface area contributed by atoms with E-state index >= 15 is 0 Å². The molecule has 0 amide bonds. The molecule has 5 heteroatoms. The Morgan fingerprint density at radius 3 is 2.81 bits per heavy atom. The van der Waals surface area contributed by atoms with Crippen molar-refractivity contribution in [2.75, 3.05) is 20.4 Å². The molecule has 1 aliphatic rings. The van der Waals surface area contributed by atoms with Gasteiger partial charge in [-0.15, -0.1) is 0 Å². The number of fused-ring (bicyclic) bond motifs is 3. The van der Waals surface area contributed by atoms with E-state index in [9.17, 15) is 4.79 Å². The zero-order valence-corrected chi connectivity index (χ0v) is 15.0. The Balaban J connectivity index is 1.86. The normalized spacial score (nSPS) is 14.1. The molecule has 0 radical (unpaired) electrons. The zero-order chi connectivity index (χ0) is 18.1. The van der Waals surface area contributed by atoms with Crippen molar-refractivity contribution in [3.8, 4) is 22.6 Å². The molecular formula is C21H21NO4. The standard InChI is InChI=1S/C21H21NO4/c1-3-10-22-11-16-19(26-13-22)9-8-15-20(23)17(12-25-21(15)16)14-6-4-5-7-18(14)24-2/h4-9,12H,3,10-11,13H2,1-2H3. The Bertz CT molecular complexity index is 1010. The van der Waals surface area contributed by atoms with Gasteiger partial charge in [0.2, 0.25) is 5.43 Å². The van der Waals surface area contributed by atoms with Crippen LogP contribution in [-0.4, -0.2) is 25.3 Å². The minimum absolute atomic E-state index is 0.0637. The molecule has 5 nitrogen and oxygen atoms in total. The fraction of sp³-hybridized carbons (Fsp3) is 0.286. The first-order valence-corrected chi connectivity index (χ1v) is 8.79. The highest BCUT2D eigenvalue weighted by molar-refractivity contribution is 5.86. The van der Waals surface area contributed by atoms with Crippen LogP contribution in [0, 0.1) is 0 Å². The fourth-order valence-corrected chi connectivity index (χ4v) is 3.47. The average Bonchev–Trinajstić information content (AvgIpc) is 2.68. The highest BCUT2D eigenvalue weighted by Gasteiger charge is 2.22. The van der Waals surface area contributed by atoms with Gasteiger partial charge in [0, 0.05) is 18.7 Å². The van der Waals surface area contributed by atoms with Crippen LogP contribution < -0.4 is 14.9 Å². The number of para-hydroxylation sites is 1. The van der Waals surface area contributed by atoms with Gasteiger partial charge in [0.15, 0.2) is 0 Å². The maximum Gasteiger partial charge on any atom is 0.200 e. The molecule has 0 aliphatic carbocycles. The van der Waals surface area contributed by atoms with Gasteiger partial charge in [-0.2, -0.15) is 0 Å². The van der Waals surface area contributed by atoms with E-state index in [-0.39, 0.29) is 5.43 Å². The largest absolute Gasteiger partial charge is 0.496 e. The minimum Gasteiger partial charge on any atom is -0.496 e. The fourth-order valence-electron chi connectivity index (χ4n) is 3.47. The molecule has 0 saturated carbocycles. The SMILES string of the molecule is CCCN1COc2ccc3c(=O)c(-c4ccccc4OC)coc3c2C1. The Hall–Kier alpha value is -2.79. The number of hydrogen-bond acceptors (Lipinski definition) is 5. The molecule has 1 aromatic heterocycles. The van der Waals surface area contributed by atoms with E-state index in [1.807, 2.05) is 30.3 Å². The topological polar surface area (TPSA) is 51.9 Å². The van der Waals surface area contributed by atoms with Gasteiger partial charge < -0.3 is 13.9 Å². The molecule has 0 spiro atoms. The highest BCUT2D eigenvalue weighted by atomic mass is 16.5. The number of hydrogen-bond donors (Lipinski definition) is 0. The van der Waals surface area contributed by atoms with Crippen LogP contribution in [0.2, 0.25) is 0 Å². The third-order valence-electron chi connectivity index (χ3n) is 4.72. The number of methoxy groups -OCH3 is 1. The van der Waals surface area contributed by atoms with Crippen molar-refractivity contribution in [3.63, 3.8) is 0 Å². The summed E-state index contributed by atoms with van der Waals surface area (Å²) in [6.45, 7) is 4.37. The molecule has 0 N–H and O–H groups in total. The summed E-state index contributed by atoms with van der Waals surface area (Å²) in [5, 5.41) is 0.564. The summed E-state index contributed by atoms with van der Waals surface area (Å²) in [6.07, 6.45) is 2.58. The van der Waals surface area contributed by atoms with E-state index < -0.39 is 0 Å². The van der Waals surface area contributed by atoms with Crippen molar-refractivity contribution in [2.45, 2.75) is 19.9 Å². The second-order valence-electron chi connectivity index (χ2n) is 6.42. The summed E-state index contributed by atoms with van der Waals surface area (Å²) in [6, 6.07) is 11.1. The first-order chi connectivity index (χ1) is 12.7. The second kappa shape index (κ2) is 6.84. The van der Waals surface area contributed by atoms with Gasteiger partial charge in [-0.3, -0.25) is 9.69 Å². The third kappa shape index (κ3) is 2.74. The maximum absolute atomic E-state index is 13.1. The smallest absolute Gasteiger partial charge is 0.200 e. The molecule has 0 bridgehead atoms.